The van der Waals surface area contributed by atoms with E-state index >= 15 is 0 Å². The minimum absolute atomic E-state index is 0.172. The Kier molecular flexibility index (Phi) is 3.14. The molecule has 0 amide bonds. The number of allylic oxidation sites excluding steroid dienone is 1. The van der Waals surface area contributed by atoms with Gasteiger partial charge in [0.1, 0.15) is 0 Å². The summed E-state index contributed by atoms with van der Waals surface area (Å²) in [6.45, 7) is 4.53. The molecule has 0 unspecified atom stereocenters. The van der Waals surface area contributed by atoms with Crippen molar-refractivity contribution in [2.75, 3.05) is 0 Å². The molecule has 124 valence electrons. The smallest absolute Gasteiger partial charge is 0.156 e. The molecule has 4 aliphatic carbocycles. The van der Waals surface area contributed by atoms with Gasteiger partial charge in [-0.3, -0.25) is 4.79 Å². The summed E-state index contributed by atoms with van der Waals surface area (Å²) in [5.74, 6) is 1.99. The van der Waals surface area contributed by atoms with Crippen molar-refractivity contribution in [2.24, 2.45) is 28.6 Å². The second kappa shape index (κ2) is 4.70. The van der Waals surface area contributed by atoms with Crippen molar-refractivity contribution >= 4 is 5.78 Å². The Morgan fingerprint density at radius 3 is 2.61 bits per heavy atom. The van der Waals surface area contributed by atoms with Crippen LogP contribution in [0.2, 0.25) is 0 Å². The third-order valence-electron chi connectivity index (χ3n) is 8.30. The van der Waals surface area contributed by atoms with Gasteiger partial charge in [-0.05, 0) is 74.2 Å². The fourth-order valence-corrected chi connectivity index (χ4v) is 6.76. The van der Waals surface area contributed by atoms with Gasteiger partial charge in [0.25, 0.3) is 0 Å². The fourth-order valence-electron chi connectivity index (χ4n) is 6.76. The molecule has 0 saturated heterocycles. The summed E-state index contributed by atoms with van der Waals surface area (Å²) in [4.78, 5) is 11.8. The van der Waals surface area contributed by atoms with Crippen LogP contribution in [0.4, 0.5) is 0 Å². The molecule has 3 fully saturated rings. The van der Waals surface area contributed by atoms with Gasteiger partial charge in [-0.2, -0.15) is 5.26 Å². The summed E-state index contributed by atoms with van der Waals surface area (Å²) in [5, 5.41) is 20.4. The summed E-state index contributed by atoms with van der Waals surface area (Å²) in [7, 11) is 0. The minimum atomic E-state index is -1.14. The Morgan fingerprint density at radius 2 is 1.87 bits per heavy atom. The average Bonchev–Trinajstić information content (AvgIpc) is 2.80. The SMILES string of the molecule is C[C@]12CCC(=O)C=C1CC[C@H]1[C@H]2CC[C@@]2(C)[C@@H]1CC[C@]2(O)C#N. The minimum Gasteiger partial charge on any atom is -0.375 e. The number of hydrogen-bond acceptors (Lipinski definition) is 3. The van der Waals surface area contributed by atoms with Crippen molar-refractivity contribution in [3.05, 3.63) is 11.6 Å². The van der Waals surface area contributed by atoms with Crippen molar-refractivity contribution in [3.8, 4) is 6.07 Å². The van der Waals surface area contributed by atoms with E-state index < -0.39 is 5.60 Å². The second-order valence-electron chi connectivity index (χ2n) is 8.94. The van der Waals surface area contributed by atoms with Gasteiger partial charge in [0.05, 0.1) is 6.07 Å². The number of nitriles is 1. The van der Waals surface area contributed by atoms with E-state index in [-0.39, 0.29) is 10.8 Å². The topological polar surface area (TPSA) is 61.1 Å². The van der Waals surface area contributed by atoms with Gasteiger partial charge < -0.3 is 5.11 Å². The van der Waals surface area contributed by atoms with Crippen molar-refractivity contribution < 1.29 is 9.90 Å². The molecule has 6 atom stereocenters. The maximum Gasteiger partial charge on any atom is 0.156 e. The lowest BCUT2D eigenvalue weighted by Gasteiger charge is -2.58. The quantitative estimate of drug-likeness (QED) is 0.692. The van der Waals surface area contributed by atoms with Gasteiger partial charge >= 0.3 is 0 Å². The predicted octanol–water partition coefficient (Wildman–Crippen LogP) is 3.77. The van der Waals surface area contributed by atoms with E-state index in [2.05, 4.69) is 19.9 Å². The van der Waals surface area contributed by atoms with Crippen molar-refractivity contribution in [2.45, 2.75) is 70.8 Å². The number of hydrogen-bond donors (Lipinski definition) is 1. The summed E-state index contributed by atoms with van der Waals surface area (Å²) in [6, 6.07) is 2.25. The van der Waals surface area contributed by atoms with Crippen LogP contribution in [0.25, 0.3) is 0 Å². The first-order chi connectivity index (χ1) is 10.8. The Hall–Kier alpha value is -1.14. The first-order valence-electron chi connectivity index (χ1n) is 9.22. The van der Waals surface area contributed by atoms with Crippen LogP contribution in [0.5, 0.6) is 0 Å². The lowest BCUT2D eigenvalue weighted by molar-refractivity contribution is -0.119. The van der Waals surface area contributed by atoms with E-state index in [0.717, 1.165) is 38.5 Å². The normalized spacial score (nSPS) is 52.0. The zero-order valence-electron chi connectivity index (χ0n) is 14.3. The molecule has 0 radical (unpaired) electrons. The van der Waals surface area contributed by atoms with Crippen LogP contribution in [0.3, 0.4) is 0 Å². The van der Waals surface area contributed by atoms with E-state index in [1.165, 1.54) is 5.57 Å². The highest BCUT2D eigenvalue weighted by Gasteiger charge is 2.64. The lowest BCUT2D eigenvalue weighted by atomic mass is 9.46. The molecule has 4 aliphatic rings. The molecule has 0 aromatic rings. The van der Waals surface area contributed by atoms with Crippen LogP contribution in [-0.2, 0) is 4.79 Å². The number of fused-ring (bicyclic) bond motifs is 5. The maximum atomic E-state index is 11.8. The molecule has 4 rings (SSSR count). The summed E-state index contributed by atoms with van der Waals surface area (Å²) < 4.78 is 0. The highest BCUT2D eigenvalue weighted by Crippen LogP contribution is 2.67. The molecule has 23 heavy (non-hydrogen) atoms. The molecule has 3 nitrogen and oxygen atoms in total. The van der Waals surface area contributed by atoms with E-state index in [9.17, 15) is 15.2 Å². The summed E-state index contributed by atoms with van der Waals surface area (Å²) in [6.07, 6.45) is 9.42. The third kappa shape index (κ3) is 1.82. The van der Waals surface area contributed by atoms with Crippen LogP contribution in [0.1, 0.15) is 65.2 Å². The molecule has 0 heterocycles. The van der Waals surface area contributed by atoms with Crippen LogP contribution in [0, 0.1) is 39.9 Å². The predicted molar refractivity (Wildman–Crippen MR) is 87.3 cm³/mol. The molecule has 3 heteroatoms. The fraction of sp³-hybridized carbons (Fsp3) is 0.800. The Morgan fingerprint density at radius 1 is 1.13 bits per heavy atom. The van der Waals surface area contributed by atoms with Gasteiger partial charge in [-0.15, -0.1) is 0 Å². The van der Waals surface area contributed by atoms with E-state index in [1.807, 2.05) is 6.08 Å². The van der Waals surface area contributed by atoms with Gasteiger partial charge in [0.2, 0.25) is 0 Å². The number of rotatable bonds is 0. The van der Waals surface area contributed by atoms with Crippen molar-refractivity contribution in [1.82, 2.24) is 0 Å². The van der Waals surface area contributed by atoms with Crippen LogP contribution >= 0.6 is 0 Å². The van der Waals surface area contributed by atoms with E-state index in [4.69, 9.17) is 0 Å². The van der Waals surface area contributed by atoms with E-state index in [1.54, 1.807) is 0 Å². The molecule has 0 aromatic carbocycles. The van der Waals surface area contributed by atoms with Crippen LogP contribution in [0.15, 0.2) is 11.6 Å². The largest absolute Gasteiger partial charge is 0.375 e. The maximum absolute atomic E-state index is 11.8. The van der Waals surface area contributed by atoms with Gasteiger partial charge in [-0.1, -0.05) is 19.4 Å². The monoisotopic (exact) mass is 313 g/mol. The molecule has 0 aliphatic heterocycles. The molecular formula is C20H27NO2. The Balaban J connectivity index is 1.70. The molecule has 3 saturated carbocycles. The molecule has 0 bridgehead atoms. The Bertz CT molecular complexity index is 632. The zero-order valence-corrected chi connectivity index (χ0v) is 14.3. The van der Waals surface area contributed by atoms with Gasteiger partial charge in [0, 0.05) is 11.8 Å². The third-order valence-corrected chi connectivity index (χ3v) is 8.30. The standard InChI is InChI=1S/C20H27NO2/c1-18-8-5-14(22)11-13(18)3-4-15-16(18)6-9-19(2)17(15)7-10-20(19,23)12-21/h11,15-17,23H,3-10H2,1-2H3/t15-,16+,17+,18-,19-,20-/m0/s1. The first-order valence-corrected chi connectivity index (χ1v) is 9.22. The summed E-state index contributed by atoms with van der Waals surface area (Å²) >= 11 is 0. The Labute approximate surface area is 138 Å². The zero-order chi connectivity index (χ0) is 16.5. The number of aliphatic hydroxyl groups is 1. The molecule has 1 N–H and O–H groups in total. The van der Waals surface area contributed by atoms with E-state index in [0.29, 0.717) is 36.4 Å². The van der Waals surface area contributed by atoms with Crippen LogP contribution < -0.4 is 0 Å². The lowest BCUT2D eigenvalue weighted by Crippen LogP contribution is -2.54. The summed E-state index contributed by atoms with van der Waals surface area (Å²) in [5.41, 5.74) is 0.172. The molecular weight excluding hydrogens is 286 g/mol. The first kappa shape index (κ1) is 15.4. The van der Waals surface area contributed by atoms with Crippen LogP contribution in [-0.4, -0.2) is 16.5 Å². The highest BCUT2D eigenvalue weighted by molar-refractivity contribution is 5.91. The van der Waals surface area contributed by atoms with Gasteiger partial charge in [-0.25, -0.2) is 0 Å². The molecule has 0 aromatic heterocycles. The highest BCUT2D eigenvalue weighted by atomic mass is 16.3. The van der Waals surface area contributed by atoms with Crippen molar-refractivity contribution in [3.63, 3.8) is 0 Å². The van der Waals surface area contributed by atoms with Crippen molar-refractivity contribution in [1.29, 1.82) is 5.26 Å². The number of nitrogens with zero attached hydrogens (tertiary/aromatic N) is 1. The molecule has 0 spiro atoms. The number of carbonyl (C=O) groups excluding carboxylic acids is 1. The van der Waals surface area contributed by atoms with Gasteiger partial charge in [0.15, 0.2) is 11.4 Å². The number of ketones is 1. The number of carbonyl (C=O) groups is 1. The average molecular weight is 313 g/mol. The second-order valence-corrected chi connectivity index (χ2v) is 8.94.